The first-order chi connectivity index (χ1) is 9.47. The van der Waals surface area contributed by atoms with Gasteiger partial charge < -0.3 is 10.4 Å². The van der Waals surface area contributed by atoms with Crippen molar-refractivity contribution in [1.82, 2.24) is 0 Å². The minimum atomic E-state index is -0.762. The van der Waals surface area contributed by atoms with E-state index in [1.807, 2.05) is 0 Å². The molecule has 6 nitrogen and oxygen atoms in total. The van der Waals surface area contributed by atoms with Crippen LogP contribution in [0.2, 0.25) is 0 Å². The topological polar surface area (TPSA) is 92.5 Å². The number of nitrogens with zero attached hydrogens (tertiary/aromatic N) is 1. The molecule has 0 aromatic heterocycles. The van der Waals surface area contributed by atoms with Crippen LogP contribution in [0, 0.1) is 15.9 Å². The van der Waals surface area contributed by atoms with Crippen LogP contribution < -0.4 is 5.32 Å². The molecule has 0 saturated carbocycles. The lowest BCUT2D eigenvalue weighted by Crippen LogP contribution is -2.12. The van der Waals surface area contributed by atoms with Gasteiger partial charge in [-0.15, -0.1) is 0 Å². The van der Waals surface area contributed by atoms with Crippen LogP contribution in [-0.2, 0) is 0 Å². The lowest BCUT2D eigenvalue weighted by molar-refractivity contribution is -0.384. The molecule has 0 saturated heterocycles. The van der Waals surface area contributed by atoms with Crippen LogP contribution in [0.5, 0.6) is 5.75 Å². The number of benzene rings is 2. The van der Waals surface area contributed by atoms with Gasteiger partial charge in [0.15, 0.2) is 0 Å². The number of non-ortho nitro benzene ring substituents is 1. The zero-order chi connectivity index (χ0) is 14.7. The van der Waals surface area contributed by atoms with Crippen molar-refractivity contribution in [3.8, 4) is 5.75 Å². The van der Waals surface area contributed by atoms with Gasteiger partial charge in [-0.25, -0.2) is 4.39 Å². The van der Waals surface area contributed by atoms with Gasteiger partial charge in [-0.2, -0.15) is 0 Å². The molecule has 2 aromatic carbocycles. The predicted molar refractivity (Wildman–Crippen MR) is 69.1 cm³/mol. The number of aromatic hydroxyl groups is 1. The van der Waals surface area contributed by atoms with E-state index in [0.29, 0.717) is 0 Å². The summed E-state index contributed by atoms with van der Waals surface area (Å²) in [6, 6.07) is 8.23. The van der Waals surface area contributed by atoms with E-state index in [9.17, 15) is 24.4 Å². The summed E-state index contributed by atoms with van der Waals surface area (Å²) in [5, 5.41) is 22.5. The van der Waals surface area contributed by atoms with Crippen LogP contribution in [0.15, 0.2) is 42.5 Å². The fourth-order valence-corrected chi connectivity index (χ4v) is 1.59. The molecule has 2 aromatic rings. The first-order valence-electron chi connectivity index (χ1n) is 5.51. The van der Waals surface area contributed by atoms with E-state index in [-0.39, 0.29) is 22.7 Å². The van der Waals surface area contributed by atoms with Gasteiger partial charge in [-0.05, 0) is 24.3 Å². The van der Waals surface area contributed by atoms with Gasteiger partial charge in [0.05, 0.1) is 10.5 Å². The van der Waals surface area contributed by atoms with Crippen molar-refractivity contribution in [2.45, 2.75) is 0 Å². The van der Waals surface area contributed by atoms with Gasteiger partial charge in [-0.3, -0.25) is 14.9 Å². The Morgan fingerprint density at radius 1 is 1.25 bits per heavy atom. The predicted octanol–water partition coefficient (Wildman–Crippen LogP) is 2.69. The van der Waals surface area contributed by atoms with Crippen molar-refractivity contribution in [1.29, 1.82) is 0 Å². The van der Waals surface area contributed by atoms with E-state index in [0.717, 1.165) is 24.3 Å². The first-order valence-corrected chi connectivity index (χ1v) is 5.51. The summed E-state index contributed by atoms with van der Waals surface area (Å²) in [6.07, 6.45) is 0. The van der Waals surface area contributed by atoms with Gasteiger partial charge in [-0.1, -0.05) is 6.07 Å². The molecular formula is C13H9FN2O4. The van der Waals surface area contributed by atoms with Gasteiger partial charge >= 0.3 is 0 Å². The second kappa shape index (κ2) is 5.35. The van der Waals surface area contributed by atoms with Crippen LogP contribution in [0.3, 0.4) is 0 Å². The van der Waals surface area contributed by atoms with Gasteiger partial charge in [0.2, 0.25) is 0 Å². The highest BCUT2D eigenvalue weighted by molar-refractivity contribution is 6.06. The number of anilines is 1. The molecule has 0 aliphatic heterocycles. The summed E-state index contributed by atoms with van der Waals surface area (Å²) >= 11 is 0. The summed E-state index contributed by atoms with van der Waals surface area (Å²) in [7, 11) is 0. The average molecular weight is 276 g/mol. The van der Waals surface area contributed by atoms with Gasteiger partial charge in [0, 0.05) is 17.8 Å². The van der Waals surface area contributed by atoms with Crippen molar-refractivity contribution in [3.63, 3.8) is 0 Å². The van der Waals surface area contributed by atoms with Crippen LogP contribution in [0.25, 0.3) is 0 Å². The number of phenolic OH excluding ortho intramolecular Hbond substituents is 1. The molecule has 0 spiro atoms. The van der Waals surface area contributed by atoms with E-state index in [4.69, 9.17) is 0 Å². The Kier molecular flexibility index (Phi) is 3.60. The second-order valence-corrected chi connectivity index (χ2v) is 3.92. The van der Waals surface area contributed by atoms with Crippen molar-refractivity contribution in [2.75, 3.05) is 5.32 Å². The Hall–Kier alpha value is -2.96. The van der Waals surface area contributed by atoms with E-state index >= 15 is 0 Å². The molecule has 7 heteroatoms. The summed E-state index contributed by atoms with van der Waals surface area (Å²) in [4.78, 5) is 21.9. The molecule has 0 unspecified atom stereocenters. The SMILES string of the molecule is O=C(Nc1cccc([N+](=O)[O-])c1)c1cc(F)ccc1O. The van der Waals surface area contributed by atoms with Crippen LogP contribution >= 0.6 is 0 Å². The maximum absolute atomic E-state index is 13.0. The van der Waals surface area contributed by atoms with E-state index in [2.05, 4.69) is 5.32 Å². The van der Waals surface area contributed by atoms with Crippen LogP contribution in [0.4, 0.5) is 15.8 Å². The number of rotatable bonds is 3. The number of amides is 1. The molecule has 2 N–H and O–H groups in total. The third kappa shape index (κ3) is 2.89. The van der Waals surface area contributed by atoms with E-state index < -0.39 is 16.6 Å². The Labute approximate surface area is 112 Å². The van der Waals surface area contributed by atoms with Crippen molar-refractivity contribution >= 4 is 17.3 Å². The van der Waals surface area contributed by atoms with Gasteiger partial charge in [0.25, 0.3) is 11.6 Å². The second-order valence-electron chi connectivity index (χ2n) is 3.92. The standard InChI is InChI=1S/C13H9FN2O4/c14-8-4-5-12(17)11(6-8)13(18)15-9-2-1-3-10(7-9)16(19)20/h1-7,17H,(H,15,18). The van der Waals surface area contributed by atoms with Gasteiger partial charge in [0.1, 0.15) is 11.6 Å². The number of nitro groups is 1. The number of halogens is 1. The number of nitro benzene ring substituents is 1. The minimum absolute atomic E-state index is 0.174. The molecule has 0 heterocycles. The van der Waals surface area contributed by atoms with E-state index in [1.165, 1.54) is 18.2 Å². The number of hydrogen-bond acceptors (Lipinski definition) is 4. The molecular weight excluding hydrogens is 267 g/mol. The summed E-state index contributed by atoms with van der Waals surface area (Å²) in [6.45, 7) is 0. The Balaban J connectivity index is 2.25. The monoisotopic (exact) mass is 276 g/mol. The lowest BCUT2D eigenvalue weighted by Gasteiger charge is -2.06. The number of hydrogen-bond donors (Lipinski definition) is 2. The molecule has 102 valence electrons. The third-order valence-electron chi connectivity index (χ3n) is 2.52. The normalized spacial score (nSPS) is 10.1. The van der Waals surface area contributed by atoms with Crippen molar-refractivity contribution < 1.29 is 19.2 Å². The molecule has 2 rings (SSSR count). The smallest absolute Gasteiger partial charge is 0.271 e. The number of carbonyl (C=O) groups excluding carboxylic acids is 1. The highest BCUT2D eigenvalue weighted by Gasteiger charge is 2.14. The molecule has 0 aliphatic rings. The molecule has 0 fully saturated rings. The number of phenols is 1. The largest absolute Gasteiger partial charge is 0.507 e. The zero-order valence-corrected chi connectivity index (χ0v) is 10.0. The van der Waals surface area contributed by atoms with Crippen LogP contribution in [-0.4, -0.2) is 15.9 Å². The third-order valence-corrected chi connectivity index (χ3v) is 2.52. The molecule has 0 aliphatic carbocycles. The fraction of sp³-hybridized carbons (Fsp3) is 0. The highest BCUT2D eigenvalue weighted by Crippen LogP contribution is 2.21. The fourth-order valence-electron chi connectivity index (χ4n) is 1.59. The van der Waals surface area contributed by atoms with Crippen molar-refractivity contribution in [2.24, 2.45) is 0 Å². The molecule has 0 radical (unpaired) electrons. The quantitative estimate of drug-likeness (QED) is 0.665. The molecule has 20 heavy (non-hydrogen) atoms. The summed E-state index contributed by atoms with van der Waals surface area (Å²) in [5.41, 5.74) is -0.268. The molecule has 1 amide bonds. The van der Waals surface area contributed by atoms with E-state index in [1.54, 1.807) is 0 Å². The summed E-state index contributed by atoms with van der Waals surface area (Å²) in [5.74, 6) is -1.82. The zero-order valence-electron chi connectivity index (χ0n) is 10.0. The Bertz CT molecular complexity index is 688. The highest BCUT2D eigenvalue weighted by atomic mass is 19.1. The molecule has 0 bridgehead atoms. The van der Waals surface area contributed by atoms with Crippen LogP contribution in [0.1, 0.15) is 10.4 Å². The summed E-state index contributed by atoms with van der Waals surface area (Å²) < 4.78 is 13.0. The maximum atomic E-state index is 13.0. The Morgan fingerprint density at radius 3 is 2.70 bits per heavy atom. The number of nitrogens with one attached hydrogen (secondary N) is 1. The lowest BCUT2D eigenvalue weighted by atomic mass is 10.1. The first kappa shape index (κ1) is 13.5. The average Bonchev–Trinajstić information content (AvgIpc) is 2.41. The number of carbonyl (C=O) groups is 1. The minimum Gasteiger partial charge on any atom is -0.507 e. The van der Waals surface area contributed by atoms with Crippen molar-refractivity contribution in [3.05, 3.63) is 64.0 Å². The maximum Gasteiger partial charge on any atom is 0.271 e. The Morgan fingerprint density at radius 2 is 2.00 bits per heavy atom. The molecule has 0 atom stereocenters.